The number of phenolic OH excluding ortho intramolecular Hbond substituents is 1. The molecule has 0 saturated carbocycles. The van der Waals surface area contributed by atoms with Gasteiger partial charge >= 0.3 is 0 Å². The predicted octanol–water partition coefficient (Wildman–Crippen LogP) is 5.08. The molecule has 35 heavy (non-hydrogen) atoms. The third kappa shape index (κ3) is 6.40. The fourth-order valence-electron chi connectivity index (χ4n) is 4.60. The number of rotatable bonds is 3. The molecule has 5 rings (SSSR count). The van der Waals surface area contributed by atoms with Crippen LogP contribution in [0.15, 0.2) is 65.6 Å². The number of piperidine rings is 1. The molecule has 1 aliphatic carbocycles. The van der Waals surface area contributed by atoms with Crippen molar-refractivity contribution in [1.29, 1.82) is 0 Å². The molecule has 1 fully saturated rings. The number of benzene rings is 2. The van der Waals surface area contributed by atoms with Crippen molar-refractivity contribution in [1.82, 2.24) is 10.2 Å². The van der Waals surface area contributed by atoms with E-state index < -0.39 is 6.10 Å². The van der Waals surface area contributed by atoms with Gasteiger partial charge in [0.2, 0.25) is 0 Å². The first kappa shape index (κ1) is 27.1. The van der Waals surface area contributed by atoms with Gasteiger partial charge in [0, 0.05) is 31.6 Å². The number of nitrogens with one attached hydrogen (secondary N) is 1. The van der Waals surface area contributed by atoms with Crippen LogP contribution in [-0.4, -0.2) is 54.6 Å². The van der Waals surface area contributed by atoms with Crippen LogP contribution in [0.25, 0.3) is 5.57 Å². The Labute approximate surface area is 217 Å². The van der Waals surface area contributed by atoms with Gasteiger partial charge < -0.3 is 20.4 Å². The smallest absolute Gasteiger partial charge is 0.177 e. The van der Waals surface area contributed by atoms with E-state index in [4.69, 9.17) is 5.11 Å². The van der Waals surface area contributed by atoms with Crippen LogP contribution in [0.2, 0.25) is 0 Å². The van der Waals surface area contributed by atoms with Crippen LogP contribution in [0.4, 0.5) is 0 Å². The fourth-order valence-corrected chi connectivity index (χ4v) is 5.44. The summed E-state index contributed by atoms with van der Waals surface area (Å²) in [6, 6.07) is 17.2. The number of halogens is 1. The predicted molar refractivity (Wildman–Crippen MR) is 146 cm³/mol. The van der Waals surface area contributed by atoms with Crippen LogP contribution in [0.3, 0.4) is 0 Å². The van der Waals surface area contributed by atoms with Crippen LogP contribution < -0.4 is 5.32 Å². The Morgan fingerprint density at radius 2 is 1.80 bits per heavy atom. The van der Waals surface area contributed by atoms with Crippen LogP contribution >= 0.6 is 23.7 Å². The third-order valence-corrected chi connectivity index (χ3v) is 7.38. The number of phenols is 1. The summed E-state index contributed by atoms with van der Waals surface area (Å²) < 4.78 is 0. The number of thiophene rings is 1. The minimum absolute atomic E-state index is 0. The number of likely N-dealkylation sites (tertiary alicyclic amines) is 1. The number of ketones is 1. The van der Waals surface area contributed by atoms with E-state index in [1.807, 2.05) is 6.07 Å². The minimum Gasteiger partial charge on any atom is -0.508 e. The first-order valence-electron chi connectivity index (χ1n) is 11.7. The van der Waals surface area contributed by atoms with Crippen LogP contribution in [0, 0.1) is 0 Å². The highest BCUT2D eigenvalue weighted by Gasteiger charge is 2.27. The number of hydrogen-bond donors (Lipinski definition) is 3. The highest BCUT2D eigenvalue weighted by Crippen LogP contribution is 2.40. The van der Waals surface area contributed by atoms with Gasteiger partial charge in [-0.15, -0.1) is 23.7 Å². The first-order chi connectivity index (χ1) is 16.5. The zero-order valence-electron chi connectivity index (χ0n) is 20.2. The zero-order valence-corrected chi connectivity index (χ0v) is 21.8. The Morgan fingerprint density at radius 3 is 2.51 bits per heavy atom. The number of aliphatic hydroxyl groups excluding tert-OH is 1. The lowest BCUT2D eigenvalue weighted by atomic mass is 9.88. The standard InChI is InChI=1S/C19H19NOS.C9H13NO2.ClH/c1-20-9-6-13(7-10-20)18-15-5-3-2-4-14(15)12-17(21)19-16(18)8-11-22-19;1-10-6-9(12)7-3-2-4-8(11)5-7;/h2-5,8,11H,6-7,9-10,12H2,1H3;2-5,9-12H,6H2,1H3;1H/t;9-;/m.0./s1. The molecule has 2 aliphatic rings. The van der Waals surface area contributed by atoms with E-state index in [1.54, 1.807) is 42.6 Å². The number of Topliss-reactive ketones (excluding diaryl/α,β-unsaturated/α-hetero) is 1. The second-order valence-electron chi connectivity index (χ2n) is 8.87. The lowest BCUT2D eigenvalue weighted by Crippen LogP contribution is -2.27. The number of hydrogen-bond acceptors (Lipinski definition) is 6. The summed E-state index contributed by atoms with van der Waals surface area (Å²) in [4.78, 5) is 15.9. The Kier molecular flexibility index (Phi) is 9.66. The number of fused-ring (bicyclic) bond motifs is 2. The Hall–Kier alpha value is -2.48. The van der Waals surface area contributed by atoms with Crippen LogP contribution in [-0.2, 0) is 6.42 Å². The van der Waals surface area contributed by atoms with Gasteiger partial charge in [0.25, 0.3) is 0 Å². The Bertz CT molecular complexity index is 1180. The molecule has 0 amide bonds. The Balaban J connectivity index is 0.000000226. The number of carbonyl (C=O) groups excluding carboxylic acids is 1. The van der Waals surface area contributed by atoms with Crippen molar-refractivity contribution in [2.24, 2.45) is 0 Å². The Morgan fingerprint density at radius 1 is 1.06 bits per heavy atom. The highest BCUT2D eigenvalue weighted by atomic mass is 35.5. The quantitative estimate of drug-likeness (QED) is 0.456. The monoisotopic (exact) mass is 512 g/mol. The molecule has 1 aromatic heterocycles. The van der Waals surface area contributed by atoms with Crippen molar-refractivity contribution in [2.45, 2.75) is 25.4 Å². The van der Waals surface area contributed by atoms with Gasteiger partial charge in [-0.05, 0) is 72.8 Å². The van der Waals surface area contributed by atoms with Gasteiger partial charge in [0.05, 0.1) is 11.0 Å². The molecule has 0 radical (unpaired) electrons. The van der Waals surface area contributed by atoms with Gasteiger partial charge in [-0.2, -0.15) is 0 Å². The molecular weight excluding hydrogens is 480 g/mol. The molecule has 3 aromatic rings. The summed E-state index contributed by atoms with van der Waals surface area (Å²) in [5.41, 5.74) is 7.19. The van der Waals surface area contributed by atoms with Gasteiger partial charge in [-0.3, -0.25) is 4.79 Å². The minimum atomic E-state index is -0.554. The van der Waals surface area contributed by atoms with E-state index in [0.29, 0.717) is 13.0 Å². The molecule has 0 spiro atoms. The summed E-state index contributed by atoms with van der Waals surface area (Å²) in [5, 5.41) is 23.5. The molecule has 2 aromatic carbocycles. The maximum Gasteiger partial charge on any atom is 0.177 e. The van der Waals surface area contributed by atoms with Gasteiger partial charge in [0.15, 0.2) is 5.78 Å². The van der Waals surface area contributed by atoms with Crippen molar-refractivity contribution >= 4 is 35.1 Å². The molecule has 7 heteroatoms. The molecule has 3 N–H and O–H groups in total. The van der Waals surface area contributed by atoms with Crippen LogP contribution in [0.5, 0.6) is 5.75 Å². The van der Waals surface area contributed by atoms with Crippen molar-refractivity contribution in [3.63, 3.8) is 0 Å². The molecule has 0 bridgehead atoms. The van der Waals surface area contributed by atoms with Crippen molar-refractivity contribution in [3.8, 4) is 5.75 Å². The summed E-state index contributed by atoms with van der Waals surface area (Å²) >= 11 is 1.59. The summed E-state index contributed by atoms with van der Waals surface area (Å²) in [7, 11) is 3.95. The number of nitrogens with zero attached hydrogens (tertiary/aromatic N) is 1. The lowest BCUT2D eigenvalue weighted by Gasteiger charge is -2.27. The lowest BCUT2D eigenvalue weighted by molar-refractivity contribution is 0.0997. The maximum atomic E-state index is 12.6. The van der Waals surface area contributed by atoms with Crippen molar-refractivity contribution < 1.29 is 15.0 Å². The van der Waals surface area contributed by atoms with Crippen molar-refractivity contribution in [2.75, 3.05) is 33.7 Å². The van der Waals surface area contributed by atoms with E-state index >= 15 is 0 Å². The molecule has 1 atom stereocenters. The number of likely N-dealkylation sites (N-methyl/N-ethyl adjacent to an activating group) is 1. The van der Waals surface area contributed by atoms with E-state index in [9.17, 15) is 9.90 Å². The highest BCUT2D eigenvalue weighted by molar-refractivity contribution is 7.12. The third-order valence-electron chi connectivity index (χ3n) is 6.42. The van der Waals surface area contributed by atoms with Gasteiger partial charge in [0.1, 0.15) is 5.75 Å². The van der Waals surface area contributed by atoms with E-state index in [-0.39, 0.29) is 23.9 Å². The summed E-state index contributed by atoms with van der Waals surface area (Å²) in [6.45, 7) is 2.70. The molecular formula is C28H33ClN2O3S. The summed E-state index contributed by atoms with van der Waals surface area (Å²) in [5.74, 6) is 0.448. The zero-order chi connectivity index (χ0) is 24.1. The van der Waals surface area contributed by atoms with E-state index in [2.05, 4.69) is 46.9 Å². The second kappa shape index (κ2) is 12.5. The number of aliphatic hydroxyl groups is 1. The van der Waals surface area contributed by atoms with Gasteiger partial charge in [-0.1, -0.05) is 42.0 Å². The second-order valence-corrected chi connectivity index (χ2v) is 9.79. The normalized spacial score (nSPS) is 16.3. The fraction of sp³-hybridized carbons (Fsp3) is 0.321. The largest absolute Gasteiger partial charge is 0.508 e. The molecule has 186 valence electrons. The molecule has 0 unspecified atom stereocenters. The maximum absolute atomic E-state index is 12.6. The average molecular weight is 513 g/mol. The van der Waals surface area contributed by atoms with Crippen LogP contribution in [0.1, 0.15) is 50.9 Å². The average Bonchev–Trinajstić information content (AvgIpc) is 3.28. The molecule has 1 saturated heterocycles. The first-order valence-corrected chi connectivity index (χ1v) is 12.6. The van der Waals surface area contributed by atoms with Crippen molar-refractivity contribution in [3.05, 3.63) is 92.7 Å². The number of carbonyl (C=O) groups is 1. The van der Waals surface area contributed by atoms with Gasteiger partial charge in [-0.25, -0.2) is 0 Å². The summed E-state index contributed by atoms with van der Waals surface area (Å²) in [6.07, 6.45) is 2.18. The molecule has 1 aliphatic heterocycles. The molecule has 5 nitrogen and oxygen atoms in total. The van der Waals surface area contributed by atoms with E-state index in [1.165, 1.54) is 27.8 Å². The SMILES string of the molecule is CN1CCC(=C2c3ccccc3CC(=O)c3sccc32)CC1.CNC[C@H](O)c1cccc(O)c1.Cl. The topological polar surface area (TPSA) is 72.8 Å². The van der Waals surface area contributed by atoms with E-state index in [0.717, 1.165) is 36.4 Å². The number of aromatic hydroxyl groups is 1. The molecule has 2 heterocycles.